The topological polar surface area (TPSA) is 113 Å². The summed E-state index contributed by atoms with van der Waals surface area (Å²) >= 11 is 0. The Kier molecular flexibility index (Phi) is 4.26. The second-order valence-electron chi connectivity index (χ2n) is 5.82. The molecule has 0 saturated carbocycles. The lowest BCUT2D eigenvalue weighted by molar-refractivity contribution is 0.0739. The maximum atomic E-state index is 12.8. The van der Waals surface area contributed by atoms with E-state index >= 15 is 0 Å². The van der Waals surface area contributed by atoms with Gasteiger partial charge in [0, 0.05) is 12.2 Å². The number of Topliss-reactive ketones (excluding diaryl/α,β-unsaturated/α-hetero) is 2. The van der Waals surface area contributed by atoms with Gasteiger partial charge >= 0.3 is 0 Å². The van der Waals surface area contributed by atoms with Crippen molar-refractivity contribution in [2.75, 3.05) is 20.3 Å². The van der Waals surface area contributed by atoms with Crippen molar-refractivity contribution in [1.29, 1.82) is 0 Å². The molecule has 0 fully saturated rings. The van der Waals surface area contributed by atoms with E-state index in [0.29, 0.717) is 6.61 Å². The molecule has 2 atom stereocenters. The zero-order valence-electron chi connectivity index (χ0n) is 13.8. The van der Waals surface area contributed by atoms with Gasteiger partial charge in [0.15, 0.2) is 23.1 Å². The molecule has 2 unspecified atom stereocenters. The number of phenolic OH excluding ortho intramolecular Hbond substituents is 1. The summed E-state index contributed by atoms with van der Waals surface area (Å²) in [5.41, 5.74) is -0.0530. The summed E-state index contributed by atoms with van der Waals surface area (Å²) in [4.78, 5) is 25.6. The molecule has 132 valence electrons. The Morgan fingerprint density at radius 2 is 1.84 bits per heavy atom. The predicted molar refractivity (Wildman–Crippen MR) is 87.2 cm³/mol. The standard InChI is InChI=1S/C18H18O7/c1-3-25-7-10-11(19)6-9-14(17(10)22)15(20)8-4-5-12(24-2)18(23)13(8)16(9)21/h4-6,9,14,19,22-23H,3,7H2,1-2H3. The molecule has 3 rings (SSSR count). The van der Waals surface area contributed by atoms with Crippen molar-refractivity contribution in [1.82, 2.24) is 0 Å². The van der Waals surface area contributed by atoms with E-state index in [-0.39, 0.29) is 40.6 Å². The number of rotatable bonds is 4. The number of aliphatic hydroxyl groups excluding tert-OH is 2. The fraction of sp³-hybridized carbons (Fsp3) is 0.333. The van der Waals surface area contributed by atoms with Crippen molar-refractivity contribution in [3.63, 3.8) is 0 Å². The highest BCUT2D eigenvalue weighted by molar-refractivity contribution is 6.19. The van der Waals surface area contributed by atoms with E-state index in [0.717, 1.165) is 0 Å². The number of fused-ring (bicyclic) bond motifs is 2. The van der Waals surface area contributed by atoms with Crippen LogP contribution in [0.15, 0.2) is 35.3 Å². The average molecular weight is 346 g/mol. The summed E-state index contributed by atoms with van der Waals surface area (Å²) in [5.74, 6) is -4.34. The van der Waals surface area contributed by atoms with Gasteiger partial charge in [0.1, 0.15) is 11.5 Å². The number of carbonyl (C=O) groups excluding carboxylic acids is 2. The van der Waals surface area contributed by atoms with E-state index in [1.165, 1.54) is 25.3 Å². The summed E-state index contributed by atoms with van der Waals surface area (Å²) in [6, 6.07) is 2.77. The Labute approximate surface area is 143 Å². The van der Waals surface area contributed by atoms with Crippen molar-refractivity contribution < 1.29 is 34.4 Å². The molecule has 0 radical (unpaired) electrons. The molecule has 7 heteroatoms. The molecule has 0 aliphatic heterocycles. The van der Waals surface area contributed by atoms with Crippen molar-refractivity contribution in [3.8, 4) is 11.5 Å². The Morgan fingerprint density at radius 3 is 2.48 bits per heavy atom. The van der Waals surface area contributed by atoms with Gasteiger partial charge in [0.05, 0.1) is 36.7 Å². The fourth-order valence-corrected chi connectivity index (χ4v) is 3.25. The van der Waals surface area contributed by atoms with Crippen LogP contribution >= 0.6 is 0 Å². The number of allylic oxidation sites excluding steroid dienone is 2. The Morgan fingerprint density at radius 1 is 1.12 bits per heavy atom. The van der Waals surface area contributed by atoms with Gasteiger partial charge in [-0.05, 0) is 25.1 Å². The van der Waals surface area contributed by atoms with Crippen molar-refractivity contribution in [2.45, 2.75) is 6.92 Å². The molecular weight excluding hydrogens is 328 g/mol. The lowest BCUT2D eigenvalue weighted by Gasteiger charge is -2.33. The SMILES string of the molecule is CCOCC1=C(O)C2C(=O)c3ccc(OC)c(O)c3C(=O)C2C=C1O. The molecule has 0 amide bonds. The number of ether oxygens (including phenoxy) is 2. The van der Waals surface area contributed by atoms with E-state index in [4.69, 9.17) is 9.47 Å². The van der Waals surface area contributed by atoms with E-state index in [1.54, 1.807) is 6.92 Å². The van der Waals surface area contributed by atoms with Crippen LogP contribution in [-0.4, -0.2) is 47.2 Å². The highest BCUT2D eigenvalue weighted by Crippen LogP contribution is 2.44. The number of ketones is 2. The second-order valence-corrected chi connectivity index (χ2v) is 5.82. The summed E-state index contributed by atoms with van der Waals surface area (Å²) < 4.78 is 10.2. The summed E-state index contributed by atoms with van der Waals surface area (Å²) in [7, 11) is 1.33. The quantitative estimate of drug-likeness (QED) is 0.766. The van der Waals surface area contributed by atoms with E-state index in [1.807, 2.05) is 0 Å². The van der Waals surface area contributed by atoms with Crippen LogP contribution in [-0.2, 0) is 4.74 Å². The largest absolute Gasteiger partial charge is 0.511 e. The number of aliphatic hydroxyl groups is 2. The minimum absolute atomic E-state index is 0.0154. The Hall–Kier alpha value is -2.80. The maximum Gasteiger partial charge on any atom is 0.175 e. The number of phenols is 1. The molecule has 0 aromatic heterocycles. The van der Waals surface area contributed by atoms with Gasteiger partial charge in [-0.2, -0.15) is 0 Å². The molecule has 0 spiro atoms. The molecule has 2 aliphatic rings. The molecule has 25 heavy (non-hydrogen) atoms. The molecular formula is C18H18O7. The minimum atomic E-state index is -1.14. The zero-order chi connectivity index (χ0) is 18.3. The zero-order valence-corrected chi connectivity index (χ0v) is 13.8. The van der Waals surface area contributed by atoms with Crippen LogP contribution < -0.4 is 4.74 Å². The summed E-state index contributed by atoms with van der Waals surface area (Å²) in [6.07, 6.45) is 1.22. The number of methoxy groups -OCH3 is 1. The van der Waals surface area contributed by atoms with Crippen LogP contribution in [0.25, 0.3) is 0 Å². The highest BCUT2D eigenvalue weighted by Gasteiger charge is 2.47. The van der Waals surface area contributed by atoms with Crippen LogP contribution in [0.3, 0.4) is 0 Å². The van der Waals surface area contributed by atoms with Gasteiger partial charge in [-0.25, -0.2) is 0 Å². The number of aromatic hydroxyl groups is 1. The van der Waals surface area contributed by atoms with Gasteiger partial charge in [-0.3, -0.25) is 9.59 Å². The highest BCUT2D eigenvalue weighted by atomic mass is 16.5. The molecule has 7 nitrogen and oxygen atoms in total. The Balaban J connectivity index is 2.14. The second kappa shape index (κ2) is 6.25. The third kappa shape index (κ3) is 2.47. The third-order valence-corrected chi connectivity index (χ3v) is 4.52. The number of hydrogen-bond donors (Lipinski definition) is 3. The first-order chi connectivity index (χ1) is 11.9. The number of carbonyl (C=O) groups is 2. The lowest BCUT2D eigenvalue weighted by atomic mass is 9.69. The van der Waals surface area contributed by atoms with Gasteiger partial charge in [-0.1, -0.05) is 0 Å². The van der Waals surface area contributed by atoms with Crippen molar-refractivity contribution >= 4 is 11.6 Å². The molecule has 0 heterocycles. The van der Waals surface area contributed by atoms with Crippen LogP contribution in [0, 0.1) is 11.8 Å². The van der Waals surface area contributed by atoms with Crippen LogP contribution in [0.2, 0.25) is 0 Å². The molecule has 3 N–H and O–H groups in total. The fourth-order valence-electron chi connectivity index (χ4n) is 3.25. The number of hydrogen-bond acceptors (Lipinski definition) is 7. The van der Waals surface area contributed by atoms with E-state index < -0.39 is 29.2 Å². The average Bonchev–Trinajstić information content (AvgIpc) is 2.59. The normalized spacial score (nSPS) is 22.4. The molecule has 2 aliphatic carbocycles. The summed E-state index contributed by atoms with van der Waals surface area (Å²) in [5, 5.41) is 30.9. The van der Waals surface area contributed by atoms with Gasteiger partial charge in [0.2, 0.25) is 0 Å². The van der Waals surface area contributed by atoms with E-state index in [2.05, 4.69) is 0 Å². The first-order valence-electron chi connectivity index (χ1n) is 7.81. The van der Waals surface area contributed by atoms with Gasteiger partial charge in [-0.15, -0.1) is 0 Å². The monoisotopic (exact) mass is 346 g/mol. The van der Waals surface area contributed by atoms with Crippen molar-refractivity contribution in [3.05, 3.63) is 46.4 Å². The Bertz CT molecular complexity index is 819. The minimum Gasteiger partial charge on any atom is -0.511 e. The van der Waals surface area contributed by atoms with Crippen LogP contribution in [0.5, 0.6) is 11.5 Å². The maximum absolute atomic E-state index is 12.8. The molecule has 0 saturated heterocycles. The smallest absolute Gasteiger partial charge is 0.175 e. The molecule has 1 aromatic carbocycles. The molecule has 0 bridgehead atoms. The van der Waals surface area contributed by atoms with Gasteiger partial charge in [0.25, 0.3) is 0 Å². The van der Waals surface area contributed by atoms with Crippen molar-refractivity contribution in [2.24, 2.45) is 11.8 Å². The van der Waals surface area contributed by atoms with Gasteiger partial charge < -0.3 is 24.8 Å². The first-order valence-corrected chi connectivity index (χ1v) is 7.81. The first kappa shape index (κ1) is 17.0. The van der Waals surface area contributed by atoms with Crippen LogP contribution in [0.1, 0.15) is 27.6 Å². The predicted octanol–water partition coefficient (Wildman–Crippen LogP) is 2.32. The van der Waals surface area contributed by atoms with Crippen LogP contribution in [0.4, 0.5) is 0 Å². The lowest BCUT2D eigenvalue weighted by Crippen LogP contribution is -2.39. The van der Waals surface area contributed by atoms with E-state index in [9.17, 15) is 24.9 Å². The summed E-state index contributed by atoms with van der Waals surface area (Å²) in [6.45, 7) is 2.04. The third-order valence-electron chi connectivity index (χ3n) is 4.52. The molecule has 1 aromatic rings. The number of benzene rings is 1.